The largest absolute Gasteiger partial charge is 0.452 e. The summed E-state index contributed by atoms with van der Waals surface area (Å²) < 4.78 is 10.5. The van der Waals surface area contributed by atoms with Gasteiger partial charge in [0.15, 0.2) is 0 Å². The van der Waals surface area contributed by atoms with Gasteiger partial charge in [0.05, 0.1) is 11.8 Å². The van der Waals surface area contributed by atoms with Crippen molar-refractivity contribution in [3.8, 4) is 11.5 Å². The normalized spacial score (nSPS) is 10.9. The summed E-state index contributed by atoms with van der Waals surface area (Å²) in [6.45, 7) is 3.99. The quantitative estimate of drug-likeness (QED) is 0.804. The van der Waals surface area contributed by atoms with Crippen LogP contribution < -0.4 is 5.32 Å². The summed E-state index contributed by atoms with van der Waals surface area (Å²) in [6.07, 6.45) is 3.22. The zero-order valence-corrected chi connectivity index (χ0v) is 10.3. The number of aromatic nitrogens is 2. The lowest BCUT2D eigenvalue weighted by Crippen LogP contribution is -2.14. The first-order chi connectivity index (χ1) is 8.31. The number of nitrogens with one attached hydrogen (secondary N) is 1. The molecule has 2 heterocycles. The molecule has 0 amide bonds. The summed E-state index contributed by atoms with van der Waals surface area (Å²) in [4.78, 5) is 0. The van der Waals surface area contributed by atoms with Gasteiger partial charge < -0.3 is 14.2 Å². The maximum absolute atomic E-state index is 5.82. The molecule has 6 heteroatoms. The lowest BCUT2D eigenvalue weighted by atomic mass is 10.3. The molecule has 0 aliphatic heterocycles. The molecule has 17 heavy (non-hydrogen) atoms. The second-order valence-electron chi connectivity index (χ2n) is 3.57. The van der Waals surface area contributed by atoms with Crippen LogP contribution in [0.1, 0.15) is 19.2 Å². The van der Waals surface area contributed by atoms with E-state index >= 15 is 0 Å². The van der Waals surface area contributed by atoms with E-state index < -0.39 is 0 Å². The van der Waals surface area contributed by atoms with Gasteiger partial charge in [0.2, 0.25) is 11.1 Å². The molecule has 2 rings (SSSR count). The predicted molar refractivity (Wildman–Crippen MR) is 63.9 cm³/mol. The Morgan fingerprint density at radius 3 is 3.00 bits per heavy atom. The third-order valence-corrected chi connectivity index (χ3v) is 2.60. The fourth-order valence-electron chi connectivity index (χ4n) is 1.45. The second-order valence-corrected chi connectivity index (χ2v) is 3.91. The highest BCUT2D eigenvalue weighted by Gasteiger charge is 2.13. The molecule has 0 unspecified atom stereocenters. The first-order valence-electron chi connectivity index (χ1n) is 5.57. The Morgan fingerprint density at radius 2 is 2.29 bits per heavy atom. The molecule has 0 bridgehead atoms. The van der Waals surface area contributed by atoms with Crippen LogP contribution in [0.15, 0.2) is 21.2 Å². The Bertz CT molecular complexity index is 467. The smallest absolute Gasteiger partial charge is 0.252 e. The van der Waals surface area contributed by atoms with Gasteiger partial charge in [-0.25, -0.2) is 0 Å². The van der Waals surface area contributed by atoms with E-state index in [1.807, 2.05) is 0 Å². The monoisotopic (exact) mass is 255 g/mol. The fourth-order valence-corrected chi connectivity index (χ4v) is 1.65. The number of halogens is 1. The summed E-state index contributed by atoms with van der Waals surface area (Å²) in [5, 5.41) is 11.4. The van der Waals surface area contributed by atoms with Gasteiger partial charge >= 0.3 is 0 Å². The summed E-state index contributed by atoms with van der Waals surface area (Å²) in [5.41, 5.74) is 0.636. The molecule has 0 atom stereocenters. The highest BCUT2D eigenvalue weighted by Crippen LogP contribution is 2.27. The van der Waals surface area contributed by atoms with Crippen LogP contribution >= 0.6 is 11.6 Å². The highest BCUT2D eigenvalue weighted by molar-refractivity contribution is 6.31. The Hall–Kier alpha value is -1.33. The number of hydrogen-bond donors (Lipinski definition) is 1. The van der Waals surface area contributed by atoms with Crippen LogP contribution in [0.2, 0.25) is 5.22 Å². The minimum atomic E-state index is 0.271. The fraction of sp³-hybridized carbons (Fsp3) is 0.455. The molecule has 0 spiro atoms. The van der Waals surface area contributed by atoms with E-state index in [9.17, 15) is 0 Å². The van der Waals surface area contributed by atoms with Gasteiger partial charge in [-0.05, 0) is 37.2 Å². The summed E-state index contributed by atoms with van der Waals surface area (Å²) in [7, 11) is 0. The Kier molecular flexibility index (Phi) is 4.17. The maximum atomic E-state index is 5.82. The van der Waals surface area contributed by atoms with Gasteiger partial charge in [0, 0.05) is 6.42 Å². The molecular weight excluding hydrogens is 242 g/mol. The SMILES string of the molecule is CCNCCCc1nnc(-c2ccoc2Cl)o1. The van der Waals surface area contributed by atoms with Crippen molar-refractivity contribution in [3.63, 3.8) is 0 Å². The Balaban J connectivity index is 1.95. The number of furan rings is 1. The van der Waals surface area contributed by atoms with Crippen molar-refractivity contribution >= 4 is 11.6 Å². The third kappa shape index (κ3) is 3.08. The van der Waals surface area contributed by atoms with Crippen molar-refractivity contribution in [2.75, 3.05) is 13.1 Å². The lowest BCUT2D eigenvalue weighted by molar-refractivity contribution is 0.491. The zero-order chi connectivity index (χ0) is 12.1. The molecule has 92 valence electrons. The zero-order valence-electron chi connectivity index (χ0n) is 9.57. The van der Waals surface area contributed by atoms with E-state index in [1.165, 1.54) is 6.26 Å². The van der Waals surface area contributed by atoms with Crippen LogP contribution in [-0.2, 0) is 6.42 Å². The molecule has 5 nitrogen and oxygen atoms in total. The number of hydrogen-bond acceptors (Lipinski definition) is 5. The van der Waals surface area contributed by atoms with E-state index in [0.29, 0.717) is 17.3 Å². The van der Waals surface area contributed by atoms with E-state index in [-0.39, 0.29) is 5.22 Å². The van der Waals surface area contributed by atoms with Crippen LogP contribution in [0.4, 0.5) is 0 Å². The van der Waals surface area contributed by atoms with Crippen LogP contribution in [0.25, 0.3) is 11.5 Å². The molecular formula is C11H14ClN3O2. The van der Waals surface area contributed by atoms with Crippen LogP contribution in [0, 0.1) is 0 Å². The first kappa shape index (κ1) is 12.1. The van der Waals surface area contributed by atoms with Crippen molar-refractivity contribution in [3.05, 3.63) is 23.4 Å². The van der Waals surface area contributed by atoms with Gasteiger partial charge in [-0.3, -0.25) is 0 Å². The van der Waals surface area contributed by atoms with Gasteiger partial charge in [0.25, 0.3) is 5.89 Å². The number of nitrogens with zero attached hydrogens (tertiary/aromatic N) is 2. The van der Waals surface area contributed by atoms with Crippen molar-refractivity contribution in [2.45, 2.75) is 19.8 Å². The van der Waals surface area contributed by atoms with Gasteiger partial charge in [-0.15, -0.1) is 10.2 Å². The van der Waals surface area contributed by atoms with Crippen molar-refractivity contribution < 1.29 is 8.83 Å². The molecule has 0 saturated heterocycles. The summed E-state index contributed by atoms with van der Waals surface area (Å²) in [5.74, 6) is 1.03. The summed E-state index contributed by atoms with van der Waals surface area (Å²) >= 11 is 5.82. The van der Waals surface area contributed by atoms with Gasteiger partial charge in [-0.1, -0.05) is 6.92 Å². The van der Waals surface area contributed by atoms with Gasteiger partial charge in [-0.2, -0.15) is 0 Å². The van der Waals surface area contributed by atoms with Crippen molar-refractivity contribution in [1.82, 2.24) is 15.5 Å². The van der Waals surface area contributed by atoms with Crippen LogP contribution in [0.5, 0.6) is 0 Å². The number of aryl methyl sites for hydroxylation is 1. The third-order valence-electron chi connectivity index (χ3n) is 2.31. The molecule has 2 aromatic rings. The van der Waals surface area contributed by atoms with Crippen LogP contribution in [-0.4, -0.2) is 23.3 Å². The molecule has 0 aliphatic rings. The predicted octanol–water partition coefficient (Wildman–Crippen LogP) is 2.53. The molecule has 1 N–H and O–H groups in total. The maximum Gasteiger partial charge on any atom is 0.252 e. The topological polar surface area (TPSA) is 64.1 Å². The number of rotatable bonds is 6. The Morgan fingerprint density at radius 1 is 1.41 bits per heavy atom. The first-order valence-corrected chi connectivity index (χ1v) is 5.95. The molecule has 0 radical (unpaired) electrons. The minimum absolute atomic E-state index is 0.271. The molecule has 0 saturated carbocycles. The molecule has 0 fully saturated rings. The lowest BCUT2D eigenvalue weighted by Gasteiger charge is -1.97. The minimum Gasteiger partial charge on any atom is -0.452 e. The Labute approximate surface area is 104 Å². The van der Waals surface area contributed by atoms with E-state index in [2.05, 4.69) is 22.4 Å². The van der Waals surface area contributed by atoms with Crippen molar-refractivity contribution in [2.24, 2.45) is 0 Å². The average Bonchev–Trinajstić information content (AvgIpc) is 2.93. The van der Waals surface area contributed by atoms with E-state index in [0.717, 1.165) is 25.9 Å². The standard InChI is InChI=1S/C11H14ClN3O2/c1-2-13-6-3-4-9-14-15-11(17-9)8-5-7-16-10(8)12/h5,7,13H,2-4,6H2,1H3. The van der Waals surface area contributed by atoms with Crippen LogP contribution in [0.3, 0.4) is 0 Å². The average molecular weight is 256 g/mol. The van der Waals surface area contributed by atoms with E-state index in [1.54, 1.807) is 6.07 Å². The summed E-state index contributed by atoms with van der Waals surface area (Å²) in [6, 6.07) is 1.71. The van der Waals surface area contributed by atoms with Gasteiger partial charge in [0.1, 0.15) is 0 Å². The van der Waals surface area contributed by atoms with E-state index in [4.69, 9.17) is 20.4 Å². The molecule has 2 aromatic heterocycles. The van der Waals surface area contributed by atoms with Crippen molar-refractivity contribution in [1.29, 1.82) is 0 Å². The molecule has 0 aromatic carbocycles. The highest BCUT2D eigenvalue weighted by atomic mass is 35.5. The molecule has 0 aliphatic carbocycles. The second kappa shape index (κ2) is 5.84.